The van der Waals surface area contributed by atoms with Crippen molar-refractivity contribution in [3.8, 4) is 11.5 Å². The summed E-state index contributed by atoms with van der Waals surface area (Å²) in [5, 5.41) is 3.68. The lowest BCUT2D eigenvalue weighted by Gasteiger charge is -2.21. The molecule has 0 aromatic heterocycles. The van der Waals surface area contributed by atoms with Gasteiger partial charge >= 0.3 is 0 Å². The molecule has 1 saturated carbocycles. The molecular weight excluding hydrogens is 404 g/mol. The number of nitrogens with zero attached hydrogens (tertiary/aromatic N) is 1. The van der Waals surface area contributed by atoms with Crippen molar-refractivity contribution in [2.75, 3.05) is 27.3 Å². The number of methoxy groups -OCH3 is 2. The molecular formula is C23H25ClN2O4. The Morgan fingerprint density at radius 1 is 1.03 bits per heavy atom. The minimum absolute atomic E-state index is 0.00761. The Morgan fingerprint density at radius 2 is 1.77 bits per heavy atom. The van der Waals surface area contributed by atoms with Gasteiger partial charge in [0.25, 0.3) is 5.91 Å². The van der Waals surface area contributed by atoms with Crippen LogP contribution in [0.4, 0.5) is 0 Å². The van der Waals surface area contributed by atoms with E-state index in [1.54, 1.807) is 43.4 Å². The van der Waals surface area contributed by atoms with Gasteiger partial charge in [-0.1, -0.05) is 17.7 Å². The highest BCUT2D eigenvalue weighted by Crippen LogP contribution is 2.40. The number of carbonyl (C=O) groups excluding carboxylic acids is 2. The standard InChI is InChI=1S/C23H25ClN2O4/c1-29-17-9-10-18(21(11-17)30-2)19-12-26(13-20(19)22(27)25-16-7-8-16)23(28)14-3-5-15(24)6-4-14/h3-6,9-11,16,19-20H,7-8,12-13H2,1-2H3,(H,25,27). The van der Waals surface area contributed by atoms with E-state index in [9.17, 15) is 9.59 Å². The topological polar surface area (TPSA) is 67.9 Å². The molecule has 2 unspecified atom stereocenters. The fourth-order valence-electron chi connectivity index (χ4n) is 3.99. The van der Waals surface area contributed by atoms with Crippen LogP contribution in [-0.4, -0.2) is 50.1 Å². The summed E-state index contributed by atoms with van der Waals surface area (Å²) >= 11 is 5.95. The summed E-state index contributed by atoms with van der Waals surface area (Å²) in [5.74, 6) is 0.716. The second-order valence-electron chi connectivity index (χ2n) is 7.82. The lowest BCUT2D eigenvalue weighted by molar-refractivity contribution is -0.125. The Morgan fingerprint density at radius 3 is 2.40 bits per heavy atom. The number of ether oxygens (including phenoxy) is 2. The third kappa shape index (κ3) is 4.24. The van der Waals surface area contributed by atoms with Crippen LogP contribution in [0.3, 0.4) is 0 Å². The highest BCUT2D eigenvalue weighted by Gasteiger charge is 2.43. The minimum atomic E-state index is -0.343. The van der Waals surface area contributed by atoms with E-state index in [0.29, 0.717) is 35.2 Å². The molecule has 2 aromatic rings. The van der Waals surface area contributed by atoms with Crippen LogP contribution in [0.5, 0.6) is 11.5 Å². The van der Waals surface area contributed by atoms with Gasteiger partial charge in [0.05, 0.1) is 20.1 Å². The van der Waals surface area contributed by atoms with Crippen LogP contribution >= 0.6 is 11.6 Å². The summed E-state index contributed by atoms with van der Waals surface area (Å²) in [5.41, 5.74) is 1.46. The van der Waals surface area contributed by atoms with Crippen molar-refractivity contribution < 1.29 is 19.1 Å². The molecule has 2 atom stereocenters. The first-order valence-corrected chi connectivity index (χ1v) is 10.4. The minimum Gasteiger partial charge on any atom is -0.497 e. The number of amides is 2. The van der Waals surface area contributed by atoms with E-state index in [-0.39, 0.29) is 29.7 Å². The zero-order chi connectivity index (χ0) is 21.3. The van der Waals surface area contributed by atoms with Crippen molar-refractivity contribution in [1.82, 2.24) is 10.2 Å². The Labute approximate surface area is 181 Å². The SMILES string of the molecule is COc1ccc(C2CN(C(=O)c3ccc(Cl)cc3)CC2C(=O)NC2CC2)c(OC)c1. The number of hydrogen-bond acceptors (Lipinski definition) is 4. The summed E-state index contributed by atoms with van der Waals surface area (Å²) in [4.78, 5) is 27.9. The predicted octanol–water partition coefficient (Wildman–Crippen LogP) is 3.49. The van der Waals surface area contributed by atoms with Crippen LogP contribution in [0.2, 0.25) is 5.02 Å². The molecule has 158 valence electrons. The van der Waals surface area contributed by atoms with Crippen molar-refractivity contribution in [3.05, 3.63) is 58.6 Å². The quantitative estimate of drug-likeness (QED) is 0.764. The molecule has 0 spiro atoms. The van der Waals surface area contributed by atoms with Gasteiger partial charge < -0.3 is 19.7 Å². The first kappa shape index (κ1) is 20.5. The molecule has 30 heavy (non-hydrogen) atoms. The smallest absolute Gasteiger partial charge is 0.253 e. The van der Waals surface area contributed by atoms with Gasteiger partial charge in [0.1, 0.15) is 11.5 Å². The van der Waals surface area contributed by atoms with Gasteiger partial charge in [-0.2, -0.15) is 0 Å². The zero-order valence-electron chi connectivity index (χ0n) is 17.1. The molecule has 1 saturated heterocycles. The summed E-state index contributed by atoms with van der Waals surface area (Å²) in [6.07, 6.45) is 2.03. The number of carbonyl (C=O) groups is 2. The van der Waals surface area contributed by atoms with Gasteiger partial charge in [-0.3, -0.25) is 9.59 Å². The fourth-order valence-corrected chi connectivity index (χ4v) is 4.11. The summed E-state index contributed by atoms with van der Waals surface area (Å²) < 4.78 is 10.9. The zero-order valence-corrected chi connectivity index (χ0v) is 17.8. The van der Waals surface area contributed by atoms with Crippen LogP contribution in [0.15, 0.2) is 42.5 Å². The number of halogens is 1. The maximum Gasteiger partial charge on any atom is 0.253 e. The van der Waals surface area contributed by atoms with Crippen molar-refractivity contribution in [1.29, 1.82) is 0 Å². The van der Waals surface area contributed by atoms with Crippen LogP contribution in [0.1, 0.15) is 34.7 Å². The van der Waals surface area contributed by atoms with E-state index in [1.165, 1.54) is 0 Å². The van der Waals surface area contributed by atoms with Crippen molar-refractivity contribution >= 4 is 23.4 Å². The van der Waals surface area contributed by atoms with E-state index < -0.39 is 0 Å². The van der Waals surface area contributed by atoms with E-state index >= 15 is 0 Å². The Kier molecular flexibility index (Phi) is 5.86. The van der Waals surface area contributed by atoms with Crippen LogP contribution in [-0.2, 0) is 4.79 Å². The highest BCUT2D eigenvalue weighted by atomic mass is 35.5. The van der Waals surface area contributed by atoms with Crippen LogP contribution < -0.4 is 14.8 Å². The molecule has 6 nitrogen and oxygen atoms in total. The third-order valence-electron chi connectivity index (χ3n) is 5.80. The molecule has 2 aliphatic rings. The monoisotopic (exact) mass is 428 g/mol. The van der Waals surface area contributed by atoms with Crippen LogP contribution in [0, 0.1) is 5.92 Å². The molecule has 7 heteroatoms. The first-order chi connectivity index (χ1) is 14.5. The molecule has 2 aromatic carbocycles. The summed E-state index contributed by atoms with van der Waals surface area (Å²) in [6.45, 7) is 0.798. The first-order valence-electron chi connectivity index (χ1n) is 10.1. The molecule has 1 aliphatic carbocycles. The lowest BCUT2D eigenvalue weighted by Crippen LogP contribution is -2.36. The number of benzene rings is 2. The maximum atomic E-state index is 13.1. The lowest BCUT2D eigenvalue weighted by atomic mass is 9.87. The summed E-state index contributed by atoms with van der Waals surface area (Å²) in [7, 11) is 3.20. The summed E-state index contributed by atoms with van der Waals surface area (Å²) in [6, 6.07) is 12.7. The largest absolute Gasteiger partial charge is 0.497 e. The molecule has 2 amide bonds. The fraction of sp³-hybridized carbons (Fsp3) is 0.391. The van der Waals surface area contributed by atoms with E-state index in [4.69, 9.17) is 21.1 Å². The number of likely N-dealkylation sites (tertiary alicyclic amines) is 1. The number of hydrogen-bond donors (Lipinski definition) is 1. The van der Waals surface area contributed by atoms with Gasteiger partial charge in [-0.15, -0.1) is 0 Å². The van der Waals surface area contributed by atoms with Crippen molar-refractivity contribution in [2.45, 2.75) is 24.8 Å². The second kappa shape index (κ2) is 8.56. The van der Waals surface area contributed by atoms with E-state index in [1.807, 2.05) is 18.2 Å². The molecule has 0 bridgehead atoms. The predicted molar refractivity (Wildman–Crippen MR) is 114 cm³/mol. The van der Waals surface area contributed by atoms with Crippen molar-refractivity contribution in [3.63, 3.8) is 0 Å². The second-order valence-corrected chi connectivity index (χ2v) is 8.26. The average molecular weight is 429 g/mol. The number of rotatable bonds is 6. The van der Waals surface area contributed by atoms with Crippen LogP contribution in [0.25, 0.3) is 0 Å². The molecule has 1 N–H and O–H groups in total. The van der Waals surface area contributed by atoms with Gasteiger partial charge in [0.2, 0.25) is 5.91 Å². The average Bonchev–Trinajstić information content (AvgIpc) is 3.47. The van der Waals surface area contributed by atoms with E-state index in [0.717, 1.165) is 18.4 Å². The van der Waals surface area contributed by atoms with Gasteiger partial charge in [-0.05, 0) is 43.2 Å². The van der Waals surface area contributed by atoms with E-state index in [2.05, 4.69) is 5.32 Å². The third-order valence-corrected chi connectivity index (χ3v) is 6.05. The Hall–Kier alpha value is -2.73. The molecule has 1 aliphatic heterocycles. The van der Waals surface area contributed by atoms with Gasteiger partial charge in [-0.25, -0.2) is 0 Å². The molecule has 0 radical (unpaired) electrons. The normalized spacial score (nSPS) is 20.7. The highest BCUT2D eigenvalue weighted by molar-refractivity contribution is 6.30. The Balaban J connectivity index is 1.63. The maximum absolute atomic E-state index is 13.1. The Bertz CT molecular complexity index is 943. The van der Waals surface area contributed by atoms with Gasteiger partial charge in [0.15, 0.2) is 0 Å². The molecule has 1 heterocycles. The van der Waals surface area contributed by atoms with Gasteiger partial charge in [0, 0.05) is 47.3 Å². The number of nitrogens with one attached hydrogen (secondary N) is 1. The molecule has 2 fully saturated rings. The van der Waals surface area contributed by atoms with Crippen molar-refractivity contribution in [2.24, 2.45) is 5.92 Å². The molecule has 4 rings (SSSR count).